The van der Waals surface area contributed by atoms with E-state index in [-0.39, 0.29) is 17.5 Å². The Bertz CT molecular complexity index is 1030. The maximum absolute atomic E-state index is 13.3. The molecule has 0 fully saturated rings. The Hall–Kier alpha value is -3.21. The summed E-state index contributed by atoms with van der Waals surface area (Å²) in [5.74, 6) is -0.987. The fourth-order valence-electron chi connectivity index (χ4n) is 4.11. The second kappa shape index (κ2) is 7.66. The summed E-state index contributed by atoms with van der Waals surface area (Å²) >= 11 is 0. The fraction of sp³-hybridized carbons (Fsp3) is 0.250. The highest BCUT2D eigenvalue weighted by Crippen LogP contribution is 2.42. The fourth-order valence-corrected chi connectivity index (χ4v) is 4.11. The van der Waals surface area contributed by atoms with Crippen LogP contribution in [-0.4, -0.2) is 11.7 Å². The number of carbonyl (C=O) groups is 2. The SMILES string of the molecule is CC1=C(C(=O)Nc2ccc(F)cc2)C(c2ccc(C)cc2)C2=C(CCCC2=O)N1. The molecule has 2 aromatic carbocycles. The molecule has 2 aromatic rings. The summed E-state index contributed by atoms with van der Waals surface area (Å²) in [4.78, 5) is 26.1. The highest BCUT2D eigenvalue weighted by Gasteiger charge is 2.38. The van der Waals surface area contributed by atoms with Crippen LogP contribution in [-0.2, 0) is 9.59 Å². The molecule has 2 N–H and O–H groups in total. The minimum atomic E-state index is -0.417. The largest absolute Gasteiger partial charge is 0.362 e. The van der Waals surface area contributed by atoms with Crippen molar-refractivity contribution in [1.29, 1.82) is 0 Å². The van der Waals surface area contributed by atoms with Crippen molar-refractivity contribution < 1.29 is 14.0 Å². The lowest BCUT2D eigenvalue weighted by atomic mass is 9.75. The first-order chi connectivity index (χ1) is 13.9. The second-order valence-electron chi connectivity index (χ2n) is 7.64. The molecule has 0 aromatic heterocycles. The molecule has 0 radical (unpaired) electrons. The smallest absolute Gasteiger partial charge is 0.254 e. The van der Waals surface area contributed by atoms with Gasteiger partial charge in [-0.3, -0.25) is 9.59 Å². The molecule has 0 saturated heterocycles. The Kier molecular flexibility index (Phi) is 5.05. The molecule has 1 atom stereocenters. The van der Waals surface area contributed by atoms with E-state index in [9.17, 15) is 14.0 Å². The average Bonchev–Trinajstić information content (AvgIpc) is 2.69. The molecule has 29 heavy (non-hydrogen) atoms. The van der Waals surface area contributed by atoms with Gasteiger partial charge >= 0.3 is 0 Å². The van der Waals surface area contributed by atoms with Gasteiger partial charge in [-0.15, -0.1) is 0 Å². The predicted octanol–water partition coefficient (Wildman–Crippen LogP) is 4.74. The zero-order valence-corrected chi connectivity index (χ0v) is 16.5. The first-order valence-electron chi connectivity index (χ1n) is 9.81. The number of Topliss-reactive ketones (excluding diaryl/α,β-unsaturated/α-hetero) is 1. The third kappa shape index (κ3) is 3.73. The van der Waals surface area contributed by atoms with Crippen LogP contribution >= 0.6 is 0 Å². The maximum Gasteiger partial charge on any atom is 0.254 e. The van der Waals surface area contributed by atoms with E-state index in [1.807, 2.05) is 38.1 Å². The summed E-state index contributed by atoms with van der Waals surface area (Å²) < 4.78 is 13.2. The van der Waals surface area contributed by atoms with Crippen molar-refractivity contribution in [2.75, 3.05) is 5.32 Å². The number of hydrogen-bond acceptors (Lipinski definition) is 3. The number of halogens is 1. The maximum atomic E-state index is 13.3. The number of anilines is 1. The number of rotatable bonds is 3. The molecule has 0 bridgehead atoms. The van der Waals surface area contributed by atoms with Crippen LogP contribution in [0.5, 0.6) is 0 Å². The van der Waals surface area contributed by atoms with Crippen LogP contribution in [0, 0.1) is 12.7 Å². The normalized spacial score (nSPS) is 19.0. The van der Waals surface area contributed by atoms with Gasteiger partial charge in [0.05, 0.1) is 0 Å². The van der Waals surface area contributed by atoms with Crippen LogP contribution in [0.15, 0.2) is 71.1 Å². The zero-order valence-electron chi connectivity index (χ0n) is 16.5. The topological polar surface area (TPSA) is 58.2 Å². The molecule has 148 valence electrons. The van der Waals surface area contributed by atoms with Gasteiger partial charge in [0, 0.05) is 40.6 Å². The number of nitrogens with one attached hydrogen (secondary N) is 2. The van der Waals surface area contributed by atoms with E-state index in [0.29, 0.717) is 23.3 Å². The minimum absolute atomic E-state index is 0.0870. The Morgan fingerprint density at radius 3 is 2.41 bits per heavy atom. The molecular formula is C24H23FN2O2. The number of amides is 1. The lowest BCUT2D eigenvalue weighted by Gasteiger charge is -2.34. The summed E-state index contributed by atoms with van der Waals surface area (Å²) in [5, 5.41) is 6.16. The molecule has 1 aliphatic heterocycles. The van der Waals surface area contributed by atoms with Crippen molar-refractivity contribution in [1.82, 2.24) is 5.32 Å². The quantitative estimate of drug-likeness (QED) is 0.796. The van der Waals surface area contributed by atoms with Crippen LogP contribution < -0.4 is 10.6 Å². The molecule has 0 saturated carbocycles. The van der Waals surface area contributed by atoms with Gasteiger partial charge < -0.3 is 10.6 Å². The van der Waals surface area contributed by atoms with Gasteiger partial charge in [-0.1, -0.05) is 29.8 Å². The average molecular weight is 390 g/mol. The number of dihydropyridines is 1. The molecule has 5 heteroatoms. The summed E-state index contributed by atoms with van der Waals surface area (Å²) in [7, 11) is 0. The van der Waals surface area contributed by atoms with Crippen LogP contribution in [0.2, 0.25) is 0 Å². The molecular weight excluding hydrogens is 367 g/mol. The summed E-state index contributed by atoms with van der Waals surface area (Å²) in [6, 6.07) is 13.6. The van der Waals surface area contributed by atoms with Crippen LogP contribution in [0.4, 0.5) is 10.1 Å². The predicted molar refractivity (Wildman–Crippen MR) is 111 cm³/mol. The molecule has 2 aliphatic rings. The van der Waals surface area contributed by atoms with Crippen LogP contribution in [0.3, 0.4) is 0 Å². The van der Waals surface area contributed by atoms with Crippen LogP contribution in [0.1, 0.15) is 43.2 Å². The molecule has 1 amide bonds. The molecule has 4 nitrogen and oxygen atoms in total. The minimum Gasteiger partial charge on any atom is -0.362 e. The van der Waals surface area contributed by atoms with Gasteiger partial charge in [-0.2, -0.15) is 0 Å². The first kappa shape index (κ1) is 19.1. The third-order valence-electron chi connectivity index (χ3n) is 5.53. The highest BCUT2D eigenvalue weighted by atomic mass is 19.1. The molecule has 1 aliphatic carbocycles. The molecule has 1 unspecified atom stereocenters. The van der Waals surface area contributed by atoms with E-state index in [1.165, 1.54) is 24.3 Å². The number of ketones is 1. The van der Waals surface area contributed by atoms with E-state index in [2.05, 4.69) is 10.6 Å². The summed E-state index contributed by atoms with van der Waals surface area (Å²) in [6.07, 6.45) is 2.11. The van der Waals surface area contributed by atoms with E-state index >= 15 is 0 Å². The van der Waals surface area contributed by atoms with Crippen molar-refractivity contribution in [3.63, 3.8) is 0 Å². The number of aryl methyl sites for hydroxylation is 1. The highest BCUT2D eigenvalue weighted by molar-refractivity contribution is 6.09. The number of benzene rings is 2. The Morgan fingerprint density at radius 1 is 1.03 bits per heavy atom. The summed E-state index contributed by atoms with van der Waals surface area (Å²) in [5.41, 5.74) is 5.41. The zero-order chi connectivity index (χ0) is 20.5. The van der Waals surface area contributed by atoms with Crippen molar-refractivity contribution >= 4 is 17.4 Å². The van der Waals surface area contributed by atoms with Crippen molar-refractivity contribution in [2.45, 2.75) is 39.0 Å². The third-order valence-corrected chi connectivity index (χ3v) is 5.53. The second-order valence-corrected chi connectivity index (χ2v) is 7.64. The van der Waals surface area contributed by atoms with Crippen molar-refractivity contribution in [3.05, 3.63) is 88.0 Å². The van der Waals surface area contributed by atoms with Gasteiger partial charge in [-0.25, -0.2) is 4.39 Å². The number of carbonyl (C=O) groups excluding carboxylic acids is 2. The number of hydrogen-bond donors (Lipinski definition) is 2. The van der Waals surface area contributed by atoms with Gasteiger partial charge in [0.2, 0.25) is 0 Å². The Balaban J connectivity index is 1.77. The Labute approximate surface area is 169 Å². The molecule has 1 heterocycles. The lowest BCUT2D eigenvalue weighted by Crippen LogP contribution is -2.35. The van der Waals surface area contributed by atoms with E-state index < -0.39 is 5.92 Å². The van der Waals surface area contributed by atoms with Crippen LogP contribution in [0.25, 0.3) is 0 Å². The van der Waals surface area contributed by atoms with Crippen molar-refractivity contribution in [3.8, 4) is 0 Å². The standard InChI is InChI=1S/C24H23FN2O2/c1-14-6-8-16(9-7-14)22-21(24(29)27-18-12-10-17(25)11-13-18)15(2)26-19-4-3-5-20(28)23(19)22/h6-13,22,26H,3-5H2,1-2H3,(H,27,29). The van der Waals surface area contributed by atoms with E-state index in [1.54, 1.807) is 0 Å². The Morgan fingerprint density at radius 2 is 1.72 bits per heavy atom. The van der Waals surface area contributed by atoms with Gasteiger partial charge in [0.25, 0.3) is 5.91 Å². The molecule has 0 spiro atoms. The van der Waals surface area contributed by atoms with Gasteiger partial charge in [0.1, 0.15) is 5.82 Å². The molecule has 4 rings (SSSR count). The van der Waals surface area contributed by atoms with E-state index in [0.717, 1.165) is 35.4 Å². The lowest BCUT2D eigenvalue weighted by molar-refractivity contribution is -0.116. The monoisotopic (exact) mass is 390 g/mol. The van der Waals surface area contributed by atoms with Gasteiger partial charge in [-0.05, 0) is 56.5 Å². The summed E-state index contributed by atoms with van der Waals surface area (Å²) in [6.45, 7) is 3.87. The van der Waals surface area contributed by atoms with E-state index in [4.69, 9.17) is 0 Å². The van der Waals surface area contributed by atoms with Crippen molar-refractivity contribution in [2.24, 2.45) is 0 Å². The first-order valence-corrected chi connectivity index (χ1v) is 9.81. The number of allylic oxidation sites excluding steroid dienone is 3. The van der Waals surface area contributed by atoms with Gasteiger partial charge in [0.15, 0.2) is 5.78 Å².